The van der Waals surface area contributed by atoms with Crippen molar-refractivity contribution in [1.82, 2.24) is 10.1 Å². The smallest absolute Gasteiger partial charge is 0.257 e. The van der Waals surface area contributed by atoms with Crippen LogP contribution in [0.2, 0.25) is 0 Å². The second-order valence-corrected chi connectivity index (χ2v) is 4.41. The van der Waals surface area contributed by atoms with Gasteiger partial charge in [-0.2, -0.15) is 4.98 Å². The molecule has 0 spiro atoms. The van der Waals surface area contributed by atoms with Crippen molar-refractivity contribution in [2.45, 2.75) is 6.10 Å². The Bertz CT molecular complexity index is 544. The van der Waals surface area contributed by atoms with Crippen molar-refractivity contribution in [2.75, 3.05) is 13.7 Å². The van der Waals surface area contributed by atoms with Gasteiger partial charge in [0.1, 0.15) is 11.9 Å². The molecule has 0 aliphatic carbocycles. The normalized spacial score (nSPS) is 12.4. The highest BCUT2D eigenvalue weighted by Gasteiger charge is 2.15. The molecule has 3 N–H and O–H groups in total. The van der Waals surface area contributed by atoms with Crippen molar-refractivity contribution in [3.8, 4) is 17.1 Å². The average molecular weight is 314 g/mol. The van der Waals surface area contributed by atoms with Crippen molar-refractivity contribution < 1.29 is 14.4 Å². The third-order valence-electron chi connectivity index (χ3n) is 2.36. The van der Waals surface area contributed by atoms with Gasteiger partial charge < -0.3 is 20.1 Å². The zero-order chi connectivity index (χ0) is 13.1. The number of halogens is 1. The van der Waals surface area contributed by atoms with Crippen LogP contribution in [-0.2, 0) is 0 Å². The van der Waals surface area contributed by atoms with E-state index in [0.29, 0.717) is 11.6 Å². The second-order valence-electron chi connectivity index (χ2n) is 3.56. The van der Waals surface area contributed by atoms with Crippen molar-refractivity contribution in [2.24, 2.45) is 5.73 Å². The van der Waals surface area contributed by atoms with Gasteiger partial charge in [0.15, 0.2) is 0 Å². The quantitative estimate of drug-likeness (QED) is 0.888. The number of hydrogen-bond acceptors (Lipinski definition) is 6. The molecule has 1 aromatic carbocycles. The molecule has 96 valence electrons. The Morgan fingerprint density at radius 3 is 2.94 bits per heavy atom. The van der Waals surface area contributed by atoms with Gasteiger partial charge >= 0.3 is 0 Å². The standard InChI is InChI=1S/C11H12BrN3O3/c1-17-9-3-2-6(4-7(9)12)10-14-11(18-15-10)8(16)5-13/h2-4,8,16H,5,13H2,1H3/t8-/m0/s1. The molecule has 1 atom stereocenters. The molecule has 7 heteroatoms. The Kier molecular flexibility index (Phi) is 3.95. The average Bonchev–Trinajstić information content (AvgIpc) is 2.87. The van der Waals surface area contributed by atoms with Gasteiger partial charge in [-0.15, -0.1) is 0 Å². The number of hydrogen-bond donors (Lipinski definition) is 2. The van der Waals surface area contributed by atoms with Crippen molar-refractivity contribution in [3.05, 3.63) is 28.6 Å². The number of methoxy groups -OCH3 is 1. The van der Waals surface area contributed by atoms with E-state index < -0.39 is 6.10 Å². The number of benzene rings is 1. The van der Waals surface area contributed by atoms with Gasteiger partial charge in [-0.3, -0.25) is 0 Å². The molecule has 0 bridgehead atoms. The number of aliphatic hydroxyl groups excluding tert-OH is 1. The zero-order valence-corrected chi connectivity index (χ0v) is 11.2. The van der Waals surface area contributed by atoms with Crippen LogP contribution < -0.4 is 10.5 Å². The first-order valence-electron chi connectivity index (χ1n) is 5.21. The first-order valence-corrected chi connectivity index (χ1v) is 6.00. The summed E-state index contributed by atoms with van der Waals surface area (Å²) in [6, 6.07) is 5.39. The summed E-state index contributed by atoms with van der Waals surface area (Å²) in [6.07, 6.45) is -0.937. The van der Waals surface area contributed by atoms with Crippen molar-refractivity contribution >= 4 is 15.9 Å². The van der Waals surface area contributed by atoms with Crippen LogP contribution in [0.5, 0.6) is 5.75 Å². The molecule has 0 aliphatic heterocycles. The molecule has 0 saturated carbocycles. The molecule has 0 fully saturated rings. The highest BCUT2D eigenvalue weighted by molar-refractivity contribution is 9.10. The minimum Gasteiger partial charge on any atom is -0.496 e. The maximum Gasteiger partial charge on any atom is 0.257 e. The second kappa shape index (κ2) is 5.47. The number of nitrogens with two attached hydrogens (primary N) is 1. The highest BCUT2D eigenvalue weighted by Crippen LogP contribution is 2.29. The summed E-state index contributed by atoms with van der Waals surface area (Å²) in [5.74, 6) is 1.21. The molecule has 0 aliphatic rings. The van der Waals surface area contributed by atoms with E-state index in [2.05, 4.69) is 26.1 Å². The molecular formula is C11H12BrN3O3. The van der Waals surface area contributed by atoms with Gasteiger partial charge in [0.25, 0.3) is 5.89 Å². The zero-order valence-electron chi connectivity index (χ0n) is 9.63. The Hall–Kier alpha value is -1.44. The van der Waals surface area contributed by atoms with Gasteiger partial charge in [-0.25, -0.2) is 0 Å². The van der Waals surface area contributed by atoms with Gasteiger partial charge in [0.05, 0.1) is 11.6 Å². The summed E-state index contributed by atoms with van der Waals surface area (Å²) >= 11 is 3.37. The molecule has 1 aromatic heterocycles. The lowest BCUT2D eigenvalue weighted by atomic mass is 10.2. The largest absolute Gasteiger partial charge is 0.496 e. The summed E-state index contributed by atoms with van der Waals surface area (Å²) in [6.45, 7) is 0.0357. The van der Waals surface area contributed by atoms with Gasteiger partial charge in [-0.1, -0.05) is 5.16 Å². The van der Waals surface area contributed by atoms with Crippen LogP contribution in [0.4, 0.5) is 0 Å². The maximum absolute atomic E-state index is 9.48. The molecule has 2 aromatic rings. The van der Waals surface area contributed by atoms with E-state index in [0.717, 1.165) is 10.0 Å². The van der Waals surface area contributed by atoms with Crippen LogP contribution >= 0.6 is 15.9 Å². The fourth-order valence-corrected chi connectivity index (χ4v) is 1.93. The summed E-state index contributed by atoms with van der Waals surface area (Å²) in [5, 5.41) is 13.3. The Balaban J connectivity index is 2.31. The summed E-state index contributed by atoms with van der Waals surface area (Å²) in [5.41, 5.74) is 6.06. The molecular weight excluding hydrogens is 302 g/mol. The summed E-state index contributed by atoms with van der Waals surface area (Å²) < 4.78 is 10.8. The molecule has 1 heterocycles. The van der Waals surface area contributed by atoms with Crippen LogP contribution in [0.25, 0.3) is 11.4 Å². The summed E-state index contributed by atoms with van der Waals surface area (Å²) in [7, 11) is 1.59. The third kappa shape index (κ3) is 2.53. The Morgan fingerprint density at radius 2 is 2.33 bits per heavy atom. The predicted octanol–water partition coefficient (Wildman–Crippen LogP) is 1.50. The molecule has 2 rings (SSSR count). The number of aromatic nitrogens is 2. The fourth-order valence-electron chi connectivity index (χ4n) is 1.39. The number of aliphatic hydroxyl groups is 1. The lowest BCUT2D eigenvalue weighted by molar-refractivity contribution is 0.141. The highest BCUT2D eigenvalue weighted by atomic mass is 79.9. The number of ether oxygens (including phenoxy) is 1. The van der Waals surface area contributed by atoms with E-state index in [1.54, 1.807) is 19.2 Å². The van der Waals surface area contributed by atoms with E-state index in [1.807, 2.05) is 6.07 Å². The predicted molar refractivity (Wildman–Crippen MR) is 68.0 cm³/mol. The minimum atomic E-state index is -0.937. The Morgan fingerprint density at radius 1 is 1.56 bits per heavy atom. The monoisotopic (exact) mass is 313 g/mol. The van der Waals surface area contributed by atoms with Crippen LogP contribution in [0, 0.1) is 0 Å². The van der Waals surface area contributed by atoms with Gasteiger partial charge in [-0.05, 0) is 34.1 Å². The van der Waals surface area contributed by atoms with E-state index >= 15 is 0 Å². The first kappa shape index (κ1) is 13.0. The van der Waals surface area contributed by atoms with E-state index in [4.69, 9.17) is 15.0 Å². The molecule has 0 amide bonds. The van der Waals surface area contributed by atoms with Gasteiger partial charge in [0.2, 0.25) is 5.82 Å². The molecule has 0 radical (unpaired) electrons. The SMILES string of the molecule is COc1ccc(-c2noc([C@@H](O)CN)n2)cc1Br. The summed E-state index contributed by atoms with van der Waals surface area (Å²) in [4.78, 5) is 4.08. The van der Waals surface area contributed by atoms with E-state index in [-0.39, 0.29) is 12.4 Å². The number of nitrogens with zero attached hydrogens (tertiary/aromatic N) is 2. The van der Waals surface area contributed by atoms with Crippen LogP contribution in [0.3, 0.4) is 0 Å². The number of rotatable bonds is 4. The first-order chi connectivity index (χ1) is 8.65. The lowest BCUT2D eigenvalue weighted by Crippen LogP contribution is -2.11. The minimum absolute atomic E-state index is 0.0357. The van der Waals surface area contributed by atoms with E-state index in [1.165, 1.54) is 0 Å². The molecule has 6 nitrogen and oxygen atoms in total. The van der Waals surface area contributed by atoms with Crippen LogP contribution in [0.1, 0.15) is 12.0 Å². The van der Waals surface area contributed by atoms with Crippen molar-refractivity contribution in [1.29, 1.82) is 0 Å². The van der Waals surface area contributed by atoms with E-state index in [9.17, 15) is 5.11 Å². The van der Waals surface area contributed by atoms with Crippen LogP contribution in [-0.4, -0.2) is 28.9 Å². The Labute approximate surface area is 112 Å². The molecule has 0 saturated heterocycles. The third-order valence-corrected chi connectivity index (χ3v) is 2.98. The van der Waals surface area contributed by atoms with Crippen molar-refractivity contribution in [3.63, 3.8) is 0 Å². The van der Waals surface area contributed by atoms with Crippen LogP contribution in [0.15, 0.2) is 27.2 Å². The topological polar surface area (TPSA) is 94.4 Å². The maximum atomic E-state index is 9.48. The lowest BCUT2D eigenvalue weighted by Gasteiger charge is -2.03. The molecule has 18 heavy (non-hydrogen) atoms. The fraction of sp³-hybridized carbons (Fsp3) is 0.273. The van der Waals surface area contributed by atoms with Gasteiger partial charge in [0, 0.05) is 12.1 Å². The molecule has 0 unspecified atom stereocenters.